The highest BCUT2D eigenvalue weighted by Gasteiger charge is 2.03. The van der Waals surface area contributed by atoms with Gasteiger partial charge in [-0.2, -0.15) is 0 Å². The van der Waals surface area contributed by atoms with Gasteiger partial charge in [-0.3, -0.25) is 4.79 Å². The van der Waals surface area contributed by atoms with Crippen LogP contribution in [0, 0.1) is 5.82 Å². The molecule has 0 aromatic heterocycles. The van der Waals surface area contributed by atoms with Crippen molar-refractivity contribution in [3.05, 3.63) is 58.8 Å². The van der Waals surface area contributed by atoms with E-state index in [0.717, 1.165) is 10.2 Å². The molecule has 0 saturated carbocycles. The number of carbonyl (C=O) groups excluding carboxylic acids is 1. The van der Waals surface area contributed by atoms with Gasteiger partial charge in [0.15, 0.2) is 0 Å². The normalized spacial score (nSPS) is 10.0. The Morgan fingerprint density at radius 3 is 2.58 bits per heavy atom. The molecule has 2 rings (SSSR count). The quantitative estimate of drug-likeness (QED) is 0.902. The summed E-state index contributed by atoms with van der Waals surface area (Å²) in [6.07, 6.45) is 0. The smallest absolute Gasteiger partial charge is 0.243 e. The molecule has 1 amide bonds. The Kier molecular flexibility index (Phi) is 4.52. The second-order valence-electron chi connectivity index (χ2n) is 3.92. The predicted molar refractivity (Wildman–Crippen MR) is 77.7 cm³/mol. The fraction of sp³-hybridized carbons (Fsp3) is 0.0714. The lowest BCUT2D eigenvalue weighted by molar-refractivity contribution is -0.114. The van der Waals surface area contributed by atoms with Gasteiger partial charge >= 0.3 is 0 Å². The van der Waals surface area contributed by atoms with Crippen molar-refractivity contribution in [1.29, 1.82) is 0 Å². The van der Waals surface area contributed by atoms with Crippen LogP contribution in [0.3, 0.4) is 0 Å². The third-order valence-electron chi connectivity index (χ3n) is 2.39. The van der Waals surface area contributed by atoms with Gasteiger partial charge < -0.3 is 10.6 Å². The van der Waals surface area contributed by atoms with Crippen LogP contribution in [0.15, 0.2) is 53.0 Å². The summed E-state index contributed by atoms with van der Waals surface area (Å²) in [6, 6.07) is 13.3. The van der Waals surface area contributed by atoms with Crippen molar-refractivity contribution in [2.24, 2.45) is 0 Å². The SMILES string of the molecule is O=C(CNc1cccc(Br)c1)Nc1cccc(F)c1. The van der Waals surface area contributed by atoms with Crippen LogP contribution < -0.4 is 10.6 Å². The molecule has 0 spiro atoms. The van der Waals surface area contributed by atoms with Crippen molar-refractivity contribution in [1.82, 2.24) is 0 Å². The zero-order chi connectivity index (χ0) is 13.7. The molecular weight excluding hydrogens is 311 g/mol. The van der Waals surface area contributed by atoms with Crippen LogP contribution in [-0.2, 0) is 4.79 Å². The molecule has 0 aliphatic heterocycles. The second-order valence-corrected chi connectivity index (χ2v) is 4.84. The van der Waals surface area contributed by atoms with Gasteiger partial charge in [0.25, 0.3) is 0 Å². The molecular formula is C14H12BrFN2O. The van der Waals surface area contributed by atoms with Gasteiger partial charge in [-0.15, -0.1) is 0 Å². The number of carbonyl (C=O) groups is 1. The van der Waals surface area contributed by atoms with Crippen LogP contribution in [0.4, 0.5) is 15.8 Å². The van der Waals surface area contributed by atoms with E-state index in [2.05, 4.69) is 26.6 Å². The topological polar surface area (TPSA) is 41.1 Å². The van der Waals surface area contributed by atoms with E-state index in [-0.39, 0.29) is 18.3 Å². The van der Waals surface area contributed by atoms with Crippen LogP contribution in [0.5, 0.6) is 0 Å². The van der Waals surface area contributed by atoms with E-state index in [1.54, 1.807) is 12.1 Å². The second kappa shape index (κ2) is 6.33. The first-order valence-electron chi connectivity index (χ1n) is 5.68. The molecule has 0 aliphatic carbocycles. The molecule has 0 saturated heterocycles. The molecule has 2 N–H and O–H groups in total. The summed E-state index contributed by atoms with van der Waals surface area (Å²) in [5, 5.41) is 5.60. The average Bonchev–Trinajstić information content (AvgIpc) is 2.36. The molecule has 5 heteroatoms. The summed E-state index contributed by atoms with van der Waals surface area (Å²) in [5.74, 6) is -0.608. The molecule has 19 heavy (non-hydrogen) atoms. The van der Waals surface area contributed by atoms with Crippen LogP contribution in [-0.4, -0.2) is 12.5 Å². The Bertz CT molecular complexity index is 589. The third kappa shape index (κ3) is 4.37. The predicted octanol–water partition coefficient (Wildman–Crippen LogP) is 3.64. The van der Waals surface area contributed by atoms with E-state index >= 15 is 0 Å². The Labute approximate surface area is 119 Å². The van der Waals surface area contributed by atoms with E-state index in [4.69, 9.17) is 0 Å². The highest BCUT2D eigenvalue weighted by Crippen LogP contribution is 2.15. The Hall–Kier alpha value is -1.88. The number of benzene rings is 2. The van der Waals surface area contributed by atoms with Crippen molar-refractivity contribution in [3.8, 4) is 0 Å². The molecule has 0 bridgehead atoms. The van der Waals surface area contributed by atoms with Crippen LogP contribution >= 0.6 is 15.9 Å². The number of rotatable bonds is 4. The highest BCUT2D eigenvalue weighted by molar-refractivity contribution is 9.10. The van der Waals surface area contributed by atoms with Crippen molar-refractivity contribution >= 4 is 33.2 Å². The van der Waals surface area contributed by atoms with Crippen molar-refractivity contribution in [2.45, 2.75) is 0 Å². The molecule has 0 atom stereocenters. The van der Waals surface area contributed by atoms with Gasteiger partial charge in [0.2, 0.25) is 5.91 Å². The summed E-state index contributed by atoms with van der Waals surface area (Å²) in [4.78, 5) is 11.7. The lowest BCUT2D eigenvalue weighted by atomic mass is 10.3. The maximum absolute atomic E-state index is 12.9. The maximum atomic E-state index is 12.9. The maximum Gasteiger partial charge on any atom is 0.243 e. The Morgan fingerprint density at radius 1 is 1.11 bits per heavy atom. The first kappa shape index (κ1) is 13.5. The largest absolute Gasteiger partial charge is 0.376 e. The van der Waals surface area contributed by atoms with Crippen LogP contribution in [0.1, 0.15) is 0 Å². The van der Waals surface area contributed by atoms with E-state index in [1.165, 1.54) is 12.1 Å². The first-order chi connectivity index (χ1) is 9.13. The lowest BCUT2D eigenvalue weighted by Crippen LogP contribution is -2.21. The molecule has 3 nitrogen and oxygen atoms in total. The summed E-state index contributed by atoms with van der Waals surface area (Å²) in [5.41, 5.74) is 1.28. The van der Waals surface area contributed by atoms with Crippen molar-refractivity contribution in [3.63, 3.8) is 0 Å². The minimum absolute atomic E-state index is 0.118. The number of amides is 1. The van der Waals surface area contributed by atoms with Gasteiger partial charge in [0.05, 0.1) is 6.54 Å². The van der Waals surface area contributed by atoms with Gasteiger partial charge in [0.1, 0.15) is 5.82 Å². The number of hydrogen-bond donors (Lipinski definition) is 2. The minimum atomic E-state index is -0.377. The Morgan fingerprint density at radius 2 is 1.84 bits per heavy atom. The standard InChI is InChI=1S/C14H12BrFN2O/c15-10-3-1-5-12(7-10)17-9-14(19)18-13-6-2-4-11(16)8-13/h1-8,17H,9H2,(H,18,19). The average molecular weight is 323 g/mol. The van der Waals surface area contributed by atoms with Gasteiger partial charge in [-0.1, -0.05) is 28.1 Å². The molecule has 0 heterocycles. The van der Waals surface area contributed by atoms with Gasteiger partial charge in [0, 0.05) is 15.8 Å². The van der Waals surface area contributed by atoms with E-state index in [1.807, 2.05) is 24.3 Å². The summed E-state index contributed by atoms with van der Waals surface area (Å²) < 4.78 is 13.9. The number of halogens is 2. The molecule has 0 radical (unpaired) electrons. The molecule has 0 fully saturated rings. The zero-order valence-corrected chi connectivity index (χ0v) is 11.6. The van der Waals surface area contributed by atoms with E-state index in [0.29, 0.717) is 5.69 Å². The van der Waals surface area contributed by atoms with Crippen LogP contribution in [0.25, 0.3) is 0 Å². The van der Waals surface area contributed by atoms with Gasteiger partial charge in [-0.25, -0.2) is 4.39 Å². The van der Waals surface area contributed by atoms with E-state index in [9.17, 15) is 9.18 Å². The number of nitrogens with one attached hydrogen (secondary N) is 2. The first-order valence-corrected chi connectivity index (χ1v) is 6.47. The summed E-state index contributed by atoms with van der Waals surface area (Å²) in [7, 11) is 0. The molecule has 2 aromatic carbocycles. The molecule has 2 aromatic rings. The fourth-order valence-electron chi connectivity index (χ4n) is 1.55. The monoisotopic (exact) mass is 322 g/mol. The summed E-state index contributed by atoms with van der Waals surface area (Å²) >= 11 is 3.35. The minimum Gasteiger partial charge on any atom is -0.376 e. The molecule has 0 unspecified atom stereocenters. The third-order valence-corrected chi connectivity index (χ3v) is 2.88. The highest BCUT2D eigenvalue weighted by atomic mass is 79.9. The van der Waals surface area contributed by atoms with Gasteiger partial charge in [-0.05, 0) is 36.4 Å². The fourth-order valence-corrected chi connectivity index (χ4v) is 1.95. The zero-order valence-electron chi connectivity index (χ0n) is 9.99. The van der Waals surface area contributed by atoms with Crippen molar-refractivity contribution < 1.29 is 9.18 Å². The van der Waals surface area contributed by atoms with Crippen LogP contribution in [0.2, 0.25) is 0 Å². The molecule has 0 aliphatic rings. The molecule has 98 valence electrons. The number of hydrogen-bond acceptors (Lipinski definition) is 2. The summed E-state index contributed by atoms with van der Waals surface area (Å²) in [6.45, 7) is 0.118. The Balaban J connectivity index is 1.88. The number of anilines is 2. The van der Waals surface area contributed by atoms with E-state index < -0.39 is 0 Å². The van der Waals surface area contributed by atoms with Crippen molar-refractivity contribution in [2.75, 3.05) is 17.2 Å². The lowest BCUT2D eigenvalue weighted by Gasteiger charge is -2.08.